The van der Waals surface area contributed by atoms with E-state index >= 15 is 0 Å². The third-order valence-corrected chi connectivity index (χ3v) is 7.68. The number of carbonyl (C=O) groups is 1. The van der Waals surface area contributed by atoms with Gasteiger partial charge in [0.25, 0.3) is 5.91 Å². The summed E-state index contributed by atoms with van der Waals surface area (Å²) in [7, 11) is -3.01. The number of nitrogens with zero attached hydrogens (tertiary/aromatic N) is 2. The number of anilines is 2. The van der Waals surface area contributed by atoms with Crippen molar-refractivity contribution < 1.29 is 13.2 Å². The second-order valence-electron chi connectivity index (χ2n) is 6.79. The monoisotopic (exact) mass is 396 g/mol. The van der Waals surface area contributed by atoms with Crippen molar-refractivity contribution in [2.24, 2.45) is 5.73 Å². The third-order valence-electron chi connectivity index (χ3n) is 4.88. The summed E-state index contributed by atoms with van der Waals surface area (Å²) in [4.78, 5) is 19.5. The van der Waals surface area contributed by atoms with Gasteiger partial charge in [-0.2, -0.15) is 0 Å². The van der Waals surface area contributed by atoms with Gasteiger partial charge in [0.2, 0.25) is 0 Å². The van der Waals surface area contributed by atoms with E-state index in [-0.39, 0.29) is 5.25 Å². The van der Waals surface area contributed by atoms with Crippen LogP contribution in [-0.2, 0) is 16.3 Å². The lowest BCUT2D eigenvalue weighted by Gasteiger charge is -2.32. The van der Waals surface area contributed by atoms with Gasteiger partial charge in [0.1, 0.15) is 25.4 Å². The SMILES string of the molecule is CCCc1cc(N2CCC(S(C)(=O)=O)CC2)nc2sc(C(N)=O)c(N)c12. The molecule has 2 aromatic rings. The van der Waals surface area contributed by atoms with Gasteiger partial charge >= 0.3 is 0 Å². The zero-order chi connectivity index (χ0) is 19.1. The average molecular weight is 397 g/mol. The summed E-state index contributed by atoms with van der Waals surface area (Å²) in [6.45, 7) is 3.37. The Kier molecular flexibility index (Phi) is 5.12. The quantitative estimate of drug-likeness (QED) is 0.797. The minimum atomic E-state index is -3.01. The summed E-state index contributed by atoms with van der Waals surface area (Å²) in [5.41, 5.74) is 13.1. The predicted molar refractivity (Wildman–Crippen MR) is 107 cm³/mol. The van der Waals surface area contributed by atoms with Crippen LogP contribution in [0, 0.1) is 0 Å². The van der Waals surface area contributed by atoms with Gasteiger partial charge in [-0.25, -0.2) is 13.4 Å². The molecule has 0 aliphatic carbocycles. The van der Waals surface area contributed by atoms with Gasteiger partial charge in [-0.05, 0) is 30.9 Å². The van der Waals surface area contributed by atoms with Crippen LogP contribution < -0.4 is 16.4 Å². The van der Waals surface area contributed by atoms with Crippen LogP contribution in [0.1, 0.15) is 41.4 Å². The van der Waals surface area contributed by atoms with Crippen molar-refractivity contribution in [2.45, 2.75) is 37.9 Å². The number of primary amides is 1. The number of carbonyl (C=O) groups excluding carboxylic acids is 1. The fourth-order valence-corrected chi connectivity index (χ4v) is 5.56. The molecular formula is C17H24N4O3S2. The van der Waals surface area contributed by atoms with Gasteiger partial charge in [-0.15, -0.1) is 11.3 Å². The lowest BCUT2D eigenvalue weighted by molar-refractivity contribution is 0.100. The van der Waals surface area contributed by atoms with Gasteiger partial charge < -0.3 is 16.4 Å². The first-order chi connectivity index (χ1) is 12.2. The summed E-state index contributed by atoms with van der Waals surface area (Å²) in [5, 5.41) is 0.539. The highest BCUT2D eigenvalue weighted by atomic mass is 32.2. The van der Waals surface area contributed by atoms with Crippen molar-refractivity contribution in [3.05, 3.63) is 16.5 Å². The molecule has 2 aromatic heterocycles. The van der Waals surface area contributed by atoms with E-state index in [2.05, 4.69) is 11.8 Å². The van der Waals surface area contributed by atoms with Gasteiger partial charge in [-0.3, -0.25) is 4.79 Å². The van der Waals surface area contributed by atoms with E-state index in [9.17, 15) is 13.2 Å². The molecule has 1 amide bonds. The Hall–Kier alpha value is -1.87. The van der Waals surface area contributed by atoms with E-state index in [1.165, 1.54) is 17.6 Å². The second kappa shape index (κ2) is 7.03. The maximum Gasteiger partial charge on any atom is 0.260 e. The van der Waals surface area contributed by atoms with Crippen molar-refractivity contribution in [3.8, 4) is 0 Å². The molecule has 0 spiro atoms. The van der Waals surface area contributed by atoms with Crippen LogP contribution in [0.2, 0.25) is 0 Å². The first-order valence-electron chi connectivity index (χ1n) is 8.67. The Bertz CT molecular complexity index is 945. The molecule has 0 aromatic carbocycles. The number of nitrogens with two attached hydrogens (primary N) is 2. The number of sulfone groups is 1. The van der Waals surface area contributed by atoms with E-state index in [1.54, 1.807) is 0 Å². The number of thiophene rings is 1. The summed E-state index contributed by atoms with van der Waals surface area (Å²) in [5.74, 6) is 0.272. The van der Waals surface area contributed by atoms with E-state index in [1.807, 2.05) is 6.07 Å². The largest absolute Gasteiger partial charge is 0.397 e. The molecule has 9 heteroatoms. The summed E-state index contributed by atoms with van der Waals surface area (Å²) < 4.78 is 23.5. The fraction of sp³-hybridized carbons (Fsp3) is 0.529. The van der Waals surface area contributed by atoms with E-state index in [0.717, 1.165) is 29.6 Å². The molecule has 1 fully saturated rings. The van der Waals surface area contributed by atoms with Gasteiger partial charge in [0.15, 0.2) is 0 Å². The molecule has 1 aliphatic rings. The Labute approximate surface area is 157 Å². The first-order valence-corrected chi connectivity index (χ1v) is 11.4. The highest BCUT2D eigenvalue weighted by Crippen LogP contribution is 2.37. The Balaban J connectivity index is 1.98. The number of fused-ring (bicyclic) bond motifs is 1. The molecule has 3 heterocycles. The van der Waals surface area contributed by atoms with E-state index in [4.69, 9.17) is 16.5 Å². The number of hydrogen-bond donors (Lipinski definition) is 2. The number of rotatable bonds is 5. The predicted octanol–water partition coefficient (Wildman–Crippen LogP) is 1.94. The van der Waals surface area contributed by atoms with Crippen LogP contribution in [0.4, 0.5) is 11.5 Å². The molecule has 4 N–H and O–H groups in total. The normalized spacial score (nSPS) is 16.3. The maximum atomic E-state index is 11.8. The Morgan fingerprint density at radius 3 is 2.58 bits per heavy atom. The smallest absolute Gasteiger partial charge is 0.260 e. The molecule has 3 rings (SSSR count). The van der Waals surface area contributed by atoms with Gasteiger partial charge in [0, 0.05) is 24.7 Å². The van der Waals surface area contributed by atoms with Crippen molar-refractivity contribution in [1.29, 1.82) is 0 Å². The number of piperidine rings is 1. The van der Waals surface area contributed by atoms with E-state index < -0.39 is 15.7 Å². The number of hydrogen-bond acceptors (Lipinski definition) is 7. The molecule has 7 nitrogen and oxygen atoms in total. The van der Waals surface area contributed by atoms with Crippen LogP contribution in [-0.4, -0.2) is 43.9 Å². The topological polar surface area (TPSA) is 119 Å². The third kappa shape index (κ3) is 3.50. The van der Waals surface area contributed by atoms with Crippen LogP contribution in [0.5, 0.6) is 0 Å². The summed E-state index contributed by atoms with van der Waals surface area (Å²) in [6, 6.07) is 2.01. The number of aryl methyl sites for hydroxylation is 1. The molecule has 0 saturated carbocycles. The Morgan fingerprint density at radius 2 is 2.04 bits per heavy atom. The average Bonchev–Trinajstić information content (AvgIpc) is 2.92. The minimum Gasteiger partial charge on any atom is -0.397 e. The van der Waals surface area contributed by atoms with Gasteiger partial charge in [-0.1, -0.05) is 13.3 Å². The molecule has 0 unspecified atom stereocenters. The van der Waals surface area contributed by atoms with Crippen LogP contribution >= 0.6 is 11.3 Å². The zero-order valence-corrected chi connectivity index (χ0v) is 16.6. The standard InChI is InChI=1S/C17H24N4O3S2/c1-3-4-10-9-12(21-7-5-11(6-8-21)26(2,23)24)20-17-13(10)14(18)15(25-17)16(19)22/h9,11H,3-8,18H2,1-2H3,(H2,19,22). The van der Waals surface area contributed by atoms with Crippen LogP contribution in [0.3, 0.4) is 0 Å². The highest BCUT2D eigenvalue weighted by Gasteiger charge is 2.28. The van der Waals surface area contributed by atoms with Crippen molar-refractivity contribution in [2.75, 3.05) is 30.0 Å². The molecule has 0 atom stereocenters. The number of pyridine rings is 1. The zero-order valence-electron chi connectivity index (χ0n) is 15.0. The molecule has 0 radical (unpaired) electrons. The number of amides is 1. The van der Waals surface area contributed by atoms with Gasteiger partial charge in [0.05, 0.1) is 10.9 Å². The minimum absolute atomic E-state index is 0.281. The molecule has 26 heavy (non-hydrogen) atoms. The van der Waals surface area contributed by atoms with Crippen molar-refractivity contribution in [1.82, 2.24) is 4.98 Å². The lowest BCUT2D eigenvalue weighted by atomic mass is 10.1. The fourth-order valence-electron chi connectivity index (χ4n) is 3.51. The maximum absolute atomic E-state index is 11.8. The molecule has 1 aliphatic heterocycles. The van der Waals surface area contributed by atoms with Crippen molar-refractivity contribution >= 4 is 48.8 Å². The van der Waals surface area contributed by atoms with E-state index in [0.29, 0.717) is 41.3 Å². The number of nitrogen functional groups attached to an aromatic ring is 1. The first kappa shape index (κ1) is 18.9. The van der Waals surface area contributed by atoms with Crippen LogP contribution in [0.15, 0.2) is 6.07 Å². The summed E-state index contributed by atoms with van der Waals surface area (Å²) >= 11 is 1.22. The molecular weight excluding hydrogens is 372 g/mol. The lowest BCUT2D eigenvalue weighted by Crippen LogP contribution is -2.39. The highest BCUT2D eigenvalue weighted by molar-refractivity contribution is 7.91. The second-order valence-corrected chi connectivity index (χ2v) is 10.1. The molecule has 1 saturated heterocycles. The Morgan fingerprint density at radius 1 is 1.38 bits per heavy atom. The van der Waals surface area contributed by atoms with Crippen LogP contribution in [0.25, 0.3) is 10.2 Å². The summed E-state index contributed by atoms with van der Waals surface area (Å²) in [6.07, 6.45) is 4.26. The number of aromatic nitrogens is 1. The molecule has 0 bridgehead atoms. The van der Waals surface area contributed by atoms with Crippen molar-refractivity contribution in [3.63, 3.8) is 0 Å². The molecule has 142 valence electrons.